The number of anilines is 1. The minimum atomic E-state index is -5.65. The highest BCUT2D eigenvalue weighted by Crippen LogP contribution is 2.38. The molecule has 0 spiro atoms. The van der Waals surface area contributed by atoms with Crippen LogP contribution in [0.5, 0.6) is 11.5 Å². The topological polar surface area (TPSA) is 42.9 Å². The van der Waals surface area contributed by atoms with Crippen molar-refractivity contribution >= 4 is 23.5 Å². The molecule has 0 saturated carbocycles. The second kappa shape index (κ2) is 11.5. The molecule has 0 bridgehead atoms. The first-order chi connectivity index (χ1) is 17.5. The van der Waals surface area contributed by atoms with Crippen LogP contribution in [-0.2, 0) is 19.2 Å². The lowest BCUT2D eigenvalue weighted by atomic mass is 10.1. The zero-order valence-electron chi connectivity index (χ0n) is 19.0. The van der Waals surface area contributed by atoms with E-state index in [0.29, 0.717) is 28.3 Å². The van der Waals surface area contributed by atoms with E-state index in [1.54, 1.807) is 41.8 Å². The number of hydrazone groups is 1. The third kappa shape index (κ3) is 6.34. The minimum absolute atomic E-state index is 0.177. The predicted octanol–water partition coefficient (Wildman–Crippen LogP) is 7.68. The van der Waals surface area contributed by atoms with Gasteiger partial charge in [0, 0.05) is 10.6 Å². The summed E-state index contributed by atoms with van der Waals surface area (Å²) in [4.78, 5) is 0. The number of allylic oxidation sites excluding steroid dienone is 1. The Labute approximate surface area is 212 Å². The number of nitrogens with zero attached hydrogens (tertiary/aromatic N) is 1. The number of hydrogen-bond donors (Lipinski definition) is 1. The van der Waals surface area contributed by atoms with Crippen molar-refractivity contribution in [1.82, 2.24) is 0 Å². The van der Waals surface area contributed by atoms with E-state index in [-0.39, 0.29) is 12.4 Å². The summed E-state index contributed by atoms with van der Waals surface area (Å²) < 4.78 is 105. The third-order valence-corrected chi connectivity index (χ3v) is 5.22. The van der Waals surface area contributed by atoms with Gasteiger partial charge in [-0.15, -0.1) is 6.58 Å². The maximum Gasteiger partial charge on any atom is 0.422 e. The molecule has 196 valence electrons. The molecule has 0 aromatic heterocycles. The molecule has 37 heavy (non-hydrogen) atoms. The van der Waals surface area contributed by atoms with Crippen molar-refractivity contribution in [1.29, 1.82) is 0 Å². The number of rotatable bonds is 9. The summed E-state index contributed by atoms with van der Waals surface area (Å²) in [6.45, 7) is 3.86. The summed E-state index contributed by atoms with van der Waals surface area (Å²) in [7, 11) is 1.37. The molecular formula is C25H18ClF7N2O2. The van der Waals surface area contributed by atoms with E-state index in [1.807, 2.05) is 0 Å². The van der Waals surface area contributed by atoms with Gasteiger partial charge >= 0.3 is 6.18 Å². The van der Waals surface area contributed by atoms with Crippen molar-refractivity contribution in [2.45, 2.75) is 19.2 Å². The number of alkyl halides is 3. The van der Waals surface area contributed by atoms with Crippen LogP contribution in [0.1, 0.15) is 22.3 Å². The molecule has 1 N–H and O–H groups in total. The van der Waals surface area contributed by atoms with Crippen LogP contribution >= 0.6 is 11.6 Å². The number of methoxy groups -OCH3 is 1. The van der Waals surface area contributed by atoms with Gasteiger partial charge in [0.1, 0.15) is 17.9 Å². The van der Waals surface area contributed by atoms with Gasteiger partial charge in [0.05, 0.1) is 13.3 Å². The van der Waals surface area contributed by atoms with Crippen molar-refractivity contribution < 1.29 is 40.2 Å². The van der Waals surface area contributed by atoms with Gasteiger partial charge in [-0.2, -0.15) is 18.3 Å². The zero-order chi connectivity index (χ0) is 27.3. The molecule has 0 aliphatic rings. The largest absolute Gasteiger partial charge is 0.493 e. The van der Waals surface area contributed by atoms with Crippen LogP contribution in [0.3, 0.4) is 0 Å². The molecule has 0 aliphatic heterocycles. The smallest absolute Gasteiger partial charge is 0.422 e. The van der Waals surface area contributed by atoms with E-state index in [1.165, 1.54) is 13.2 Å². The number of halogens is 8. The van der Waals surface area contributed by atoms with Crippen molar-refractivity contribution in [3.05, 3.63) is 99.6 Å². The molecule has 0 fully saturated rings. The number of ether oxygens (including phenoxy) is 2. The molecular weight excluding hydrogens is 529 g/mol. The maximum atomic E-state index is 14.1. The minimum Gasteiger partial charge on any atom is -0.493 e. The molecule has 0 saturated heterocycles. The summed E-state index contributed by atoms with van der Waals surface area (Å²) in [5.41, 5.74) is -0.773. The fraction of sp³-hybridized carbons (Fsp3) is 0.160. The van der Waals surface area contributed by atoms with Crippen LogP contribution in [0.2, 0.25) is 5.02 Å². The van der Waals surface area contributed by atoms with E-state index in [2.05, 4.69) is 11.7 Å². The van der Waals surface area contributed by atoms with Crippen molar-refractivity contribution in [2.24, 2.45) is 5.10 Å². The molecule has 4 nitrogen and oxygen atoms in total. The van der Waals surface area contributed by atoms with Crippen molar-refractivity contribution in [3.63, 3.8) is 0 Å². The molecule has 0 radical (unpaired) electrons. The summed E-state index contributed by atoms with van der Waals surface area (Å²) in [6, 6.07) is 9.99. The highest BCUT2D eigenvalue weighted by atomic mass is 35.5. The Morgan fingerprint density at radius 2 is 1.62 bits per heavy atom. The Balaban J connectivity index is 1.89. The Kier molecular flexibility index (Phi) is 8.69. The second-order valence-electron chi connectivity index (χ2n) is 7.49. The molecule has 0 unspecified atom stereocenters. The number of nitrogens with one attached hydrogen (secondary N) is 1. The molecule has 3 rings (SSSR count). The van der Waals surface area contributed by atoms with Crippen molar-refractivity contribution in [3.8, 4) is 11.5 Å². The van der Waals surface area contributed by atoms with Crippen LogP contribution in [0.4, 0.5) is 36.4 Å². The van der Waals surface area contributed by atoms with Gasteiger partial charge in [-0.1, -0.05) is 29.8 Å². The van der Waals surface area contributed by atoms with Gasteiger partial charge in [-0.25, -0.2) is 17.6 Å². The molecule has 0 amide bonds. The summed E-state index contributed by atoms with van der Waals surface area (Å²) in [5.74, 6) is -9.11. The normalized spacial score (nSPS) is 11.6. The molecule has 0 atom stereocenters. The number of benzene rings is 3. The summed E-state index contributed by atoms with van der Waals surface area (Å²) >= 11 is 5.89. The van der Waals surface area contributed by atoms with E-state index in [0.717, 1.165) is 11.8 Å². The Morgan fingerprint density at radius 3 is 2.16 bits per heavy atom. The van der Waals surface area contributed by atoms with Crippen LogP contribution < -0.4 is 14.9 Å². The standard InChI is InChI=1S/C25H18ClF7N2O2/c1-3-4-15-9-14(10-17(36-2)24(15)37-12-13-5-7-16(26)8-6-13)11-34-35-23-21(29)19(27)18(25(31,32)33)20(28)22(23)30/h3,5-11,35H,1,4,12H2,2H3. The lowest BCUT2D eigenvalue weighted by Gasteiger charge is -2.16. The van der Waals surface area contributed by atoms with Gasteiger partial charge in [0.25, 0.3) is 0 Å². The highest BCUT2D eigenvalue weighted by molar-refractivity contribution is 6.30. The summed E-state index contributed by atoms with van der Waals surface area (Å²) in [5, 5.41) is 4.07. The Bertz CT molecular complexity index is 1300. The molecule has 12 heteroatoms. The van der Waals surface area contributed by atoms with Gasteiger partial charge < -0.3 is 9.47 Å². The third-order valence-electron chi connectivity index (χ3n) is 4.97. The first-order valence-corrected chi connectivity index (χ1v) is 10.8. The first-order valence-electron chi connectivity index (χ1n) is 10.4. The van der Waals surface area contributed by atoms with Gasteiger partial charge in [-0.05, 0) is 41.8 Å². The molecule has 3 aromatic carbocycles. The monoisotopic (exact) mass is 546 g/mol. The van der Waals surface area contributed by atoms with Crippen molar-refractivity contribution in [2.75, 3.05) is 12.5 Å². The van der Waals surface area contributed by atoms with Gasteiger partial charge in [0.2, 0.25) is 0 Å². The predicted molar refractivity (Wildman–Crippen MR) is 125 cm³/mol. The van der Waals surface area contributed by atoms with E-state index < -0.39 is 40.7 Å². The van der Waals surface area contributed by atoms with E-state index in [9.17, 15) is 30.7 Å². The average molecular weight is 547 g/mol. The zero-order valence-corrected chi connectivity index (χ0v) is 19.8. The fourth-order valence-electron chi connectivity index (χ4n) is 3.27. The highest BCUT2D eigenvalue weighted by Gasteiger charge is 2.42. The number of hydrogen-bond acceptors (Lipinski definition) is 4. The fourth-order valence-corrected chi connectivity index (χ4v) is 3.39. The molecule has 0 heterocycles. The lowest BCUT2D eigenvalue weighted by molar-refractivity contribution is -0.143. The van der Waals surface area contributed by atoms with Crippen LogP contribution in [0.25, 0.3) is 0 Å². The first kappa shape index (κ1) is 27.9. The van der Waals surface area contributed by atoms with E-state index >= 15 is 0 Å². The Hall–Kier alpha value is -3.73. The maximum absolute atomic E-state index is 14.1. The van der Waals surface area contributed by atoms with Crippen LogP contribution in [-0.4, -0.2) is 13.3 Å². The Morgan fingerprint density at radius 1 is 1.00 bits per heavy atom. The lowest BCUT2D eigenvalue weighted by Crippen LogP contribution is -2.16. The van der Waals surface area contributed by atoms with Crippen LogP contribution in [0, 0.1) is 23.3 Å². The molecule has 3 aromatic rings. The molecule has 0 aliphatic carbocycles. The van der Waals surface area contributed by atoms with Gasteiger partial charge in [0.15, 0.2) is 34.8 Å². The second-order valence-corrected chi connectivity index (χ2v) is 7.93. The average Bonchev–Trinajstić information content (AvgIpc) is 2.84. The quantitative estimate of drug-likeness (QED) is 0.0984. The van der Waals surface area contributed by atoms with Gasteiger partial charge in [-0.3, -0.25) is 5.43 Å². The van der Waals surface area contributed by atoms with Crippen LogP contribution in [0.15, 0.2) is 54.2 Å². The SMILES string of the molecule is C=CCc1cc(C=NNc2c(F)c(F)c(C(F)(F)F)c(F)c2F)cc(OC)c1OCc1ccc(Cl)cc1. The summed E-state index contributed by atoms with van der Waals surface area (Å²) in [6.07, 6.45) is -2.72. The van der Waals surface area contributed by atoms with E-state index in [4.69, 9.17) is 21.1 Å².